The molecule has 0 aromatic rings. The van der Waals surface area contributed by atoms with Gasteiger partial charge in [-0.2, -0.15) is 0 Å². The Morgan fingerprint density at radius 3 is 2.00 bits per heavy atom. The zero-order valence-corrected chi connectivity index (χ0v) is 22.1. The van der Waals surface area contributed by atoms with Crippen molar-refractivity contribution >= 4 is 8.32 Å². The summed E-state index contributed by atoms with van der Waals surface area (Å²) < 4.78 is 6.73. The Morgan fingerprint density at radius 2 is 1.50 bits per heavy atom. The number of nitrogens with two attached hydrogens (primary N) is 1. The molecule has 0 unspecified atom stereocenters. The number of hydrogen-bond acceptors (Lipinski definition) is 4. The molecule has 0 aromatic heterocycles. The molecule has 0 aliphatic rings. The van der Waals surface area contributed by atoms with Crippen LogP contribution in [0.2, 0.25) is 18.1 Å². The minimum Gasteiger partial charge on any atom is -0.414 e. The minimum atomic E-state index is -1.69. The highest BCUT2D eigenvalue weighted by Crippen LogP contribution is 2.38. The quantitative estimate of drug-likeness (QED) is 0.143. The van der Waals surface area contributed by atoms with Gasteiger partial charge in [-0.1, -0.05) is 85.3 Å². The zero-order chi connectivity index (χ0) is 23.2. The van der Waals surface area contributed by atoms with Crippen LogP contribution in [0.15, 0.2) is 12.2 Å². The van der Waals surface area contributed by atoms with E-state index < -0.39 is 20.5 Å². The van der Waals surface area contributed by atoms with E-state index in [1.165, 1.54) is 51.4 Å². The number of allylic oxidation sites excluding steroid dienone is 1. The van der Waals surface area contributed by atoms with Crippen LogP contribution >= 0.6 is 0 Å². The van der Waals surface area contributed by atoms with Gasteiger partial charge in [0.15, 0.2) is 8.32 Å². The van der Waals surface area contributed by atoms with Crippen molar-refractivity contribution in [2.75, 3.05) is 6.61 Å². The van der Waals surface area contributed by atoms with E-state index in [9.17, 15) is 5.11 Å². The van der Waals surface area contributed by atoms with E-state index in [-0.39, 0.29) is 11.6 Å². The van der Waals surface area contributed by atoms with Gasteiger partial charge in [0.05, 0.1) is 18.8 Å². The summed E-state index contributed by atoms with van der Waals surface area (Å²) in [6.07, 6.45) is 15.6. The number of aliphatic hydroxyl groups is 2. The monoisotopic (exact) mass is 443 g/mol. The van der Waals surface area contributed by atoms with Crippen molar-refractivity contribution in [2.24, 2.45) is 11.7 Å². The molecule has 0 heterocycles. The number of rotatable bonds is 17. The fourth-order valence-corrected chi connectivity index (χ4v) is 4.75. The maximum atomic E-state index is 9.65. The van der Waals surface area contributed by atoms with Gasteiger partial charge in [-0.15, -0.1) is 0 Å². The lowest BCUT2D eigenvalue weighted by Crippen LogP contribution is -2.44. The Hall–Kier alpha value is -0.203. The first-order valence-electron chi connectivity index (χ1n) is 12.3. The third-order valence-electron chi connectivity index (χ3n) is 6.38. The molecule has 0 saturated heterocycles. The highest BCUT2D eigenvalue weighted by atomic mass is 28.4. The minimum absolute atomic E-state index is 0.188. The average Bonchev–Trinajstić information content (AvgIpc) is 2.63. The van der Waals surface area contributed by atoms with Crippen LogP contribution in [-0.2, 0) is 4.43 Å². The lowest BCUT2D eigenvalue weighted by Gasteiger charge is -2.40. The summed E-state index contributed by atoms with van der Waals surface area (Å²) in [7, 11) is -1.69. The summed E-state index contributed by atoms with van der Waals surface area (Å²) in [6, 6.07) is -0.575. The summed E-state index contributed by atoms with van der Waals surface area (Å²) >= 11 is 0. The topological polar surface area (TPSA) is 75.7 Å². The normalized spacial score (nSPS) is 16.4. The van der Waals surface area contributed by atoms with Gasteiger partial charge in [-0.05, 0) is 49.7 Å². The molecular formula is C25H53NO3Si. The molecule has 0 rings (SSSR count). The standard InChI is InChI=1S/C25H53NO3Si/c1-21(2)19-22(29-30(6,7)25(3,4)5)17-15-13-11-9-8-10-12-14-16-18-24(28)23(26)20-27/h16,18,21-24,27-28H,8-15,17,19-20,26H2,1-7H3/b18-16+/t22-,23+,24-/m1/s1. The van der Waals surface area contributed by atoms with Crippen LogP contribution < -0.4 is 5.73 Å². The SMILES string of the molecule is CC(C)C[C@@H](CCCCCCCCC/C=C/[C@@H](O)[C@@H](N)CO)O[Si](C)(C)C(C)(C)C. The fourth-order valence-electron chi connectivity index (χ4n) is 3.35. The Labute approximate surface area is 188 Å². The molecule has 0 saturated carbocycles. The van der Waals surface area contributed by atoms with Crippen LogP contribution in [0.1, 0.15) is 98.8 Å². The molecule has 0 spiro atoms. The molecule has 0 aliphatic heterocycles. The Balaban J connectivity index is 3.94. The molecule has 30 heavy (non-hydrogen) atoms. The molecular weight excluding hydrogens is 390 g/mol. The maximum Gasteiger partial charge on any atom is 0.192 e. The average molecular weight is 444 g/mol. The Morgan fingerprint density at radius 1 is 0.967 bits per heavy atom. The largest absolute Gasteiger partial charge is 0.414 e. The van der Waals surface area contributed by atoms with E-state index in [4.69, 9.17) is 15.3 Å². The lowest BCUT2D eigenvalue weighted by molar-refractivity contribution is 0.143. The van der Waals surface area contributed by atoms with Gasteiger partial charge in [0.1, 0.15) is 0 Å². The van der Waals surface area contributed by atoms with Crippen LogP contribution in [0.4, 0.5) is 0 Å². The predicted molar refractivity (Wildman–Crippen MR) is 133 cm³/mol. The molecule has 0 amide bonds. The molecule has 0 fully saturated rings. The van der Waals surface area contributed by atoms with Crippen molar-refractivity contribution in [3.8, 4) is 0 Å². The highest BCUT2D eigenvalue weighted by Gasteiger charge is 2.39. The van der Waals surface area contributed by atoms with E-state index in [1.54, 1.807) is 6.08 Å². The smallest absolute Gasteiger partial charge is 0.192 e. The fraction of sp³-hybridized carbons (Fsp3) is 0.920. The van der Waals surface area contributed by atoms with Crippen LogP contribution in [0.25, 0.3) is 0 Å². The third kappa shape index (κ3) is 14.0. The third-order valence-corrected chi connectivity index (χ3v) is 10.9. The van der Waals surface area contributed by atoms with Gasteiger partial charge in [0, 0.05) is 6.10 Å². The van der Waals surface area contributed by atoms with Gasteiger partial charge in [-0.25, -0.2) is 0 Å². The lowest BCUT2D eigenvalue weighted by atomic mass is 10.00. The molecule has 0 bridgehead atoms. The molecule has 5 heteroatoms. The molecule has 4 N–H and O–H groups in total. The maximum absolute atomic E-state index is 9.65. The van der Waals surface area contributed by atoms with Gasteiger partial charge in [0.2, 0.25) is 0 Å². The van der Waals surface area contributed by atoms with Crippen LogP contribution in [0.5, 0.6) is 0 Å². The van der Waals surface area contributed by atoms with E-state index in [0.29, 0.717) is 12.0 Å². The van der Waals surface area contributed by atoms with Gasteiger partial charge in [-0.3, -0.25) is 0 Å². The highest BCUT2D eigenvalue weighted by molar-refractivity contribution is 6.74. The first-order valence-corrected chi connectivity index (χ1v) is 15.2. The van der Waals surface area contributed by atoms with Crippen molar-refractivity contribution in [1.29, 1.82) is 0 Å². The molecule has 4 nitrogen and oxygen atoms in total. The molecule has 0 aromatic carbocycles. The molecule has 0 radical (unpaired) electrons. The van der Waals surface area contributed by atoms with E-state index in [0.717, 1.165) is 12.8 Å². The number of aliphatic hydroxyl groups excluding tert-OH is 2. The van der Waals surface area contributed by atoms with E-state index in [1.807, 2.05) is 6.08 Å². The van der Waals surface area contributed by atoms with Gasteiger partial charge >= 0.3 is 0 Å². The van der Waals surface area contributed by atoms with Crippen molar-refractivity contribution in [3.63, 3.8) is 0 Å². The summed E-state index contributed by atoms with van der Waals surface area (Å²) in [5.74, 6) is 0.689. The van der Waals surface area contributed by atoms with Crippen molar-refractivity contribution < 1.29 is 14.6 Å². The second-order valence-corrected chi connectivity index (χ2v) is 15.7. The second kappa shape index (κ2) is 15.6. The Bertz CT molecular complexity index is 446. The number of unbranched alkanes of at least 4 members (excludes halogenated alkanes) is 7. The van der Waals surface area contributed by atoms with E-state index in [2.05, 4.69) is 47.7 Å². The van der Waals surface area contributed by atoms with Crippen molar-refractivity contribution in [1.82, 2.24) is 0 Å². The van der Waals surface area contributed by atoms with Crippen molar-refractivity contribution in [2.45, 2.75) is 135 Å². The first kappa shape index (κ1) is 29.8. The van der Waals surface area contributed by atoms with Crippen molar-refractivity contribution in [3.05, 3.63) is 12.2 Å². The summed E-state index contributed by atoms with van der Waals surface area (Å²) in [5.41, 5.74) is 5.57. The van der Waals surface area contributed by atoms with Gasteiger partial charge in [0.25, 0.3) is 0 Å². The first-order chi connectivity index (χ1) is 13.9. The Kier molecular flexibility index (Phi) is 15.5. The molecule has 180 valence electrons. The van der Waals surface area contributed by atoms with Crippen LogP contribution in [0.3, 0.4) is 0 Å². The summed E-state index contributed by atoms with van der Waals surface area (Å²) in [5, 5.41) is 18.8. The van der Waals surface area contributed by atoms with Crippen LogP contribution in [-0.4, -0.2) is 43.4 Å². The second-order valence-electron chi connectivity index (χ2n) is 10.9. The van der Waals surface area contributed by atoms with Gasteiger partial charge < -0.3 is 20.4 Å². The van der Waals surface area contributed by atoms with E-state index >= 15 is 0 Å². The summed E-state index contributed by atoms with van der Waals surface area (Å²) in [4.78, 5) is 0. The number of hydrogen-bond donors (Lipinski definition) is 3. The summed E-state index contributed by atoms with van der Waals surface area (Å²) in [6.45, 7) is 16.1. The zero-order valence-electron chi connectivity index (χ0n) is 21.1. The predicted octanol–water partition coefficient (Wildman–Crippen LogP) is 6.17. The molecule has 3 atom stereocenters. The molecule has 0 aliphatic carbocycles. The van der Waals surface area contributed by atoms with Crippen LogP contribution in [0, 0.1) is 5.92 Å².